The van der Waals surface area contributed by atoms with Gasteiger partial charge in [0.05, 0.1) is 17.5 Å². The molecule has 3 aliphatic rings. The molecule has 4 rings (SSSR count). The van der Waals surface area contributed by atoms with Crippen molar-refractivity contribution in [3.05, 3.63) is 35.6 Å². The number of amides is 2. The highest BCUT2D eigenvalue weighted by Gasteiger charge is 2.80. The van der Waals surface area contributed by atoms with Crippen LogP contribution in [0.2, 0.25) is 0 Å². The highest BCUT2D eigenvalue weighted by molar-refractivity contribution is 8.31. The summed E-state index contributed by atoms with van der Waals surface area (Å²) >= 11 is 5.69. The maximum atomic E-state index is 13.4. The predicted octanol–water partition coefficient (Wildman–Crippen LogP) is 1.61. The van der Waals surface area contributed by atoms with E-state index in [1.807, 2.05) is 0 Å². The Bertz CT molecular complexity index is 898. The lowest BCUT2D eigenvalue weighted by molar-refractivity contribution is -0.159. The molecular formula is C17H16FN3O2S2. The second kappa shape index (κ2) is 4.65. The highest BCUT2D eigenvalue weighted by Crippen LogP contribution is 2.64. The molecule has 130 valence electrons. The van der Waals surface area contributed by atoms with Gasteiger partial charge in [-0.3, -0.25) is 9.59 Å². The van der Waals surface area contributed by atoms with Crippen molar-refractivity contribution in [2.45, 2.75) is 36.1 Å². The number of piperazine rings is 1. The average molecular weight is 377 g/mol. The minimum Gasteiger partial charge on any atom is -0.320 e. The summed E-state index contributed by atoms with van der Waals surface area (Å²) in [4.78, 5) is 27.1. The van der Waals surface area contributed by atoms with Gasteiger partial charge in [0.2, 0.25) is 0 Å². The maximum Gasteiger partial charge on any atom is 0.261 e. The molecule has 2 bridgehead atoms. The smallest absolute Gasteiger partial charge is 0.261 e. The van der Waals surface area contributed by atoms with Crippen LogP contribution in [0.25, 0.3) is 0 Å². The molecular weight excluding hydrogens is 361 g/mol. The first-order valence-electron chi connectivity index (χ1n) is 7.85. The quantitative estimate of drug-likeness (QED) is 0.746. The van der Waals surface area contributed by atoms with Gasteiger partial charge in [-0.05, 0) is 42.7 Å². The summed E-state index contributed by atoms with van der Waals surface area (Å²) in [5.74, 6) is -0.810. The zero-order valence-electron chi connectivity index (χ0n) is 13.9. The lowest BCUT2D eigenvalue weighted by Gasteiger charge is -2.39. The fourth-order valence-corrected chi connectivity index (χ4v) is 8.01. The van der Waals surface area contributed by atoms with Crippen molar-refractivity contribution in [2.24, 2.45) is 5.41 Å². The van der Waals surface area contributed by atoms with E-state index in [-0.39, 0.29) is 18.2 Å². The van der Waals surface area contributed by atoms with E-state index in [1.54, 1.807) is 37.9 Å². The average Bonchev–Trinajstić information content (AvgIpc) is 3.02. The minimum absolute atomic E-state index is 0.195. The van der Waals surface area contributed by atoms with Gasteiger partial charge in [-0.1, -0.05) is 21.6 Å². The number of hydrogen-bond donors (Lipinski definition) is 0. The van der Waals surface area contributed by atoms with Gasteiger partial charge in [-0.2, -0.15) is 5.26 Å². The largest absolute Gasteiger partial charge is 0.320 e. The highest BCUT2D eigenvalue weighted by atomic mass is 32.8. The van der Waals surface area contributed by atoms with Crippen LogP contribution in [0.4, 0.5) is 4.39 Å². The van der Waals surface area contributed by atoms with E-state index in [1.165, 1.54) is 17.0 Å². The number of fused-ring (bicyclic) bond motifs is 1. The molecule has 1 aromatic carbocycles. The van der Waals surface area contributed by atoms with Gasteiger partial charge in [0.1, 0.15) is 5.82 Å². The topological polar surface area (TPSA) is 64.4 Å². The SMILES string of the molecule is CN1C(=O)C23C[C@](C)(C#N)C(c4ccc(F)cc4)N2C(=O)C1(C)S3=S. The first-order chi connectivity index (χ1) is 11.6. The predicted molar refractivity (Wildman–Crippen MR) is 93.0 cm³/mol. The van der Waals surface area contributed by atoms with E-state index in [9.17, 15) is 19.2 Å². The summed E-state index contributed by atoms with van der Waals surface area (Å²) in [5, 5.41) is 9.86. The van der Waals surface area contributed by atoms with Gasteiger partial charge >= 0.3 is 0 Å². The zero-order chi connectivity index (χ0) is 18.4. The van der Waals surface area contributed by atoms with Gasteiger partial charge in [-0.25, -0.2) is 4.39 Å². The van der Waals surface area contributed by atoms with Gasteiger partial charge < -0.3 is 9.80 Å². The van der Waals surface area contributed by atoms with Crippen molar-refractivity contribution in [3.8, 4) is 6.07 Å². The molecule has 8 heteroatoms. The van der Waals surface area contributed by atoms with Gasteiger partial charge in [-0.15, -0.1) is 0 Å². The molecule has 3 heterocycles. The van der Waals surface area contributed by atoms with Gasteiger partial charge in [0.25, 0.3) is 11.8 Å². The van der Waals surface area contributed by atoms with Crippen LogP contribution >= 0.6 is 0 Å². The molecule has 0 aromatic heterocycles. The van der Waals surface area contributed by atoms with Crippen molar-refractivity contribution < 1.29 is 14.0 Å². The molecule has 5 nitrogen and oxygen atoms in total. The van der Waals surface area contributed by atoms with E-state index in [2.05, 4.69) is 6.07 Å². The van der Waals surface area contributed by atoms with E-state index >= 15 is 0 Å². The van der Waals surface area contributed by atoms with E-state index in [0.29, 0.717) is 5.56 Å². The third-order valence-corrected chi connectivity index (χ3v) is 9.96. The molecule has 1 aromatic rings. The Kier molecular flexibility index (Phi) is 3.09. The number of hydrogen-bond acceptors (Lipinski definition) is 4. The number of halogens is 1. The first-order valence-corrected chi connectivity index (χ1v) is 10.0. The summed E-state index contributed by atoms with van der Waals surface area (Å²) < 4.78 is 13.4. The monoisotopic (exact) mass is 377 g/mol. The summed E-state index contributed by atoms with van der Waals surface area (Å²) in [6.07, 6.45) is 0.204. The molecule has 1 spiro atoms. The molecule has 0 N–H and O–H groups in total. The van der Waals surface area contributed by atoms with Crippen LogP contribution in [0.15, 0.2) is 24.3 Å². The standard InChI is InChI=1S/C17H16FN3O2S2/c1-15(9-19)8-17-14(23)20(3)16(2,25(17)24)13(22)21(17)12(15)10-4-6-11(18)7-5-10/h4-7,12H,8H2,1-3H3/t12?,15-,16?,17?,25?/m1/s1. The van der Waals surface area contributed by atoms with Crippen LogP contribution in [0.3, 0.4) is 0 Å². The summed E-state index contributed by atoms with van der Waals surface area (Å²) in [6, 6.07) is 7.44. The van der Waals surface area contributed by atoms with Crippen molar-refractivity contribution in [1.29, 1.82) is 5.26 Å². The Balaban J connectivity index is 1.97. The molecule has 4 unspecified atom stereocenters. The Morgan fingerprint density at radius 2 is 1.88 bits per heavy atom. The number of nitriles is 1. The minimum atomic E-state index is -1.15. The summed E-state index contributed by atoms with van der Waals surface area (Å²) in [7, 11) is 0.635. The molecule has 0 aliphatic carbocycles. The second-order valence-corrected chi connectivity index (χ2v) is 10.2. The van der Waals surface area contributed by atoms with Crippen LogP contribution in [0.1, 0.15) is 31.9 Å². The van der Waals surface area contributed by atoms with Crippen molar-refractivity contribution >= 4 is 32.5 Å². The van der Waals surface area contributed by atoms with Crippen LogP contribution < -0.4 is 0 Å². The number of nitrogens with zero attached hydrogens (tertiary/aromatic N) is 3. The lowest BCUT2D eigenvalue weighted by atomic mass is 9.79. The number of benzene rings is 1. The van der Waals surface area contributed by atoms with Crippen LogP contribution in [-0.4, -0.2) is 38.4 Å². The molecule has 2 amide bonds. The maximum absolute atomic E-state index is 13.4. The molecule has 3 saturated heterocycles. The van der Waals surface area contributed by atoms with E-state index in [0.717, 1.165) is 0 Å². The van der Waals surface area contributed by atoms with Gasteiger partial charge in [0.15, 0.2) is 9.74 Å². The Labute approximate surface area is 152 Å². The van der Waals surface area contributed by atoms with Crippen LogP contribution in [0.5, 0.6) is 0 Å². The summed E-state index contributed by atoms with van der Waals surface area (Å²) in [6.45, 7) is 3.46. The normalized spacial score (nSPS) is 42.0. The Morgan fingerprint density at radius 3 is 2.44 bits per heavy atom. The van der Waals surface area contributed by atoms with Crippen LogP contribution in [0, 0.1) is 22.6 Å². The molecule has 3 aliphatic heterocycles. The number of carbonyl (C=O) groups is 2. The second-order valence-electron chi connectivity index (χ2n) is 7.24. The number of likely N-dealkylation sites (N-methyl/N-ethyl adjacent to an activating group) is 1. The molecule has 25 heavy (non-hydrogen) atoms. The van der Waals surface area contributed by atoms with Crippen molar-refractivity contribution in [2.75, 3.05) is 7.05 Å². The summed E-state index contributed by atoms with van der Waals surface area (Å²) in [5.41, 5.74) is -0.325. The third kappa shape index (κ3) is 1.59. The lowest BCUT2D eigenvalue weighted by Crippen LogP contribution is -2.60. The van der Waals surface area contributed by atoms with Crippen molar-refractivity contribution in [1.82, 2.24) is 9.80 Å². The number of rotatable bonds is 1. The third-order valence-electron chi connectivity index (χ3n) is 5.86. The Hall–Kier alpha value is -1.85. The van der Waals surface area contributed by atoms with E-state index < -0.39 is 36.5 Å². The molecule has 0 radical (unpaired) electrons. The fourth-order valence-electron chi connectivity index (χ4n) is 4.49. The number of carbonyl (C=O) groups excluding carboxylic acids is 2. The van der Waals surface area contributed by atoms with E-state index in [4.69, 9.17) is 11.2 Å². The zero-order valence-corrected chi connectivity index (χ0v) is 15.6. The van der Waals surface area contributed by atoms with Crippen molar-refractivity contribution in [3.63, 3.8) is 0 Å². The van der Waals surface area contributed by atoms with Crippen LogP contribution in [-0.2, 0) is 30.2 Å². The Morgan fingerprint density at radius 1 is 1.28 bits per heavy atom. The molecule has 5 atom stereocenters. The first kappa shape index (κ1) is 16.6. The molecule has 0 saturated carbocycles. The fraction of sp³-hybridized carbons (Fsp3) is 0.471. The molecule has 3 fully saturated rings. The van der Waals surface area contributed by atoms with Gasteiger partial charge in [0, 0.05) is 13.5 Å².